The van der Waals surface area contributed by atoms with Crippen molar-refractivity contribution in [2.75, 3.05) is 7.11 Å². The summed E-state index contributed by atoms with van der Waals surface area (Å²) in [6, 6.07) is 20.6. The summed E-state index contributed by atoms with van der Waals surface area (Å²) in [6.45, 7) is 0. The van der Waals surface area contributed by atoms with Gasteiger partial charge in [-0.25, -0.2) is 0 Å². The topological polar surface area (TPSA) is 22.4 Å². The maximum absolute atomic E-state index is 6.01. The molecule has 22 heavy (non-hydrogen) atoms. The van der Waals surface area contributed by atoms with Crippen LogP contribution in [-0.4, -0.2) is 7.11 Å². The molecule has 0 saturated heterocycles. The molecule has 108 valence electrons. The summed E-state index contributed by atoms with van der Waals surface area (Å²) >= 11 is 3.53. The molecule has 0 amide bonds. The molecule has 1 aromatic heterocycles. The molecule has 0 aliphatic rings. The normalized spacial score (nSPS) is 11.2. The van der Waals surface area contributed by atoms with Crippen molar-refractivity contribution in [3.8, 4) is 16.9 Å². The van der Waals surface area contributed by atoms with Gasteiger partial charge in [0.25, 0.3) is 0 Å². The van der Waals surface area contributed by atoms with Gasteiger partial charge in [-0.2, -0.15) is 0 Å². The second kappa shape index (κ2) is 5.18. The highest BCUT2D eigenvalue weighted by Crippen LogP contribution is 2.37. The summed E-state index contributed by atoms with van der Waals surface area (Å²) in [7, 11) is 1.65. The van der Waals surface area contributed by atoms with Crippen molar-refractivity contribution in [2.24, 2.45) is 0 Å². The molecular formula is C19H13BrO2. The average Bonchev–Trinajstić information content (AvgIpc) is 2.91. The highest BCUT2D eigenvalue weighted by molar-refractivity contribution is 9.10. The van der Waals surface area contributed by atoms with Crippen molar-refractivity contribution in [2.45, 2.75) is 0 Å². The first-order valence-electron chi connectivity index (χ1n) is 7.01. The van der Waals surface area contributed by atoms with E-state index in [1.54, 1.807) is 7.11 Å². The van der Waals surface area contributed by atoms with Crippen molar-refractivity contribution in [1.29, 1.82) is 0 Å². The first kappa shape index (κ1) is 13.4. The van der Waals surface area contributed by atoms with Crippen LogP contribution in [0.1, 0.15) is 0 Å². The average molecular weight is 353 g/mol. The molecule has 0 fully saturated rings. The molecule has 0 bridgehead atoms. The molecule has 0 aliphatic heterocycles. The molecule has 0 unspecified atom stereocenters. The molecule has 0 saturated carbocycles. The minimum absolute atomic E-state index is 0.773. The van der Waals surface area contributed by atoms with E-state index in [9.17, 15) is 0 Å². The van der Waals surface area contributed by atoms with Crippen molar-refractivity contribution < 1.29 is 9.15 Å². The zero-order valence-corrected chi connectivity index (χ0v) is 13.6. The number of methoxy groups -OCH3 is 1. The standard InChI is InChI=1S/C19H13BrO2/c1-21-19-11-18-15(10-16(19)20)14-8-7-13(9-17(14)22-18)12-5-3-2-4-6-12/h2-11H,1H3. The van der Waals surface area contributed by atoms with E-state index in [0.29, 0.717) is 0 Å². The molecule has 3 heteroatoms. The smallest absolute Gasteiger partial charge is 0.139 e. The third-order valence-corrected chi connectivity index (χ3v) is 4.47. The van der Waals surface area contributed by atoms with E-state index in [1.165, 1.54) is 5.56 Å². The summed E-state index contributed by atoms with van der Waals surface area (Å²) < 4.78 is 12.3. The van der Waals surface area contributed by atoms with E-state index >= 15 is 0 Å². The minimum atomic E-state index is 0.773. The highest BCUT2D eigenvalue weighted by Gasteiger charge is 2.11. The van der Waals surface area contributed by atoms with Gasteiger partial charge >= 0.3 is 0 Å². The van der Waals surface area contributed by atoms with E-state index in [1.807, 2.05) is 30.3 Å². The van der Waals surface area contributed by atoms with Crippen LogP contribution in [0.3, 0.4) is 0 Å². The molecule has 0 radical (unpaired) electrons. The minimum Gasteiger partial charge on any atom is -0.495 e. The number of fused-ring (bicyclic) bond motifs is 3. The summed E-state index contributed by atoms with van der Waals surface area (Å²) in [4.78, 5) is 0. The summed E-state index contributed by atoms with van der Waals surface area (Å²) in [5.74, 6) is 0.773. The first-order chi connectivity index (χ1) is 10.8. The molecule has 1 heterocycles. The Labute approximate surface area is 136 Å². The molecule has 3 aromatic carbocycles. The van der Waals surface area contributed by atoms with Gasteiger partial charge in [0.15, 0.2) is 0 Å². The largest absolute Gasteiger partial charge is 0.495 e. The molecule has 2 nitrogen and oxygen atoms in total. The van der Waals surface area contributed by atoms with E-state index < -0.39 is 0 Å². The number of benzene rings is 3. The third-order valence-electron chi connectivity index (χ3n) is 3.85. The SMILES string of the molecule is COc1cc2oc3cc(-c4ccccc4)ccc3c2cc1Br. The lowest BCUT2D eigenvalue weighted by atomic mass is 10.0. The van der Waals surface area contributed by atoms with E-state index in [2.05, 4.69) is 46.3 Å². The van der Waals surface area contributed by atoms with E-state index in [-0.39, 0.29) is 0 Å². The Balaban J connectivity index is 1.96. The Kier molecular flexibility index (Phi) is 3.16. The Morgan fingerprint density at radius 3 is 2.36 bits per heavy atom. The van der Waals surface area contributed by atoms with Gasteiger partial charge in [-0.15, -0.1) is 0 Å². The lowest BCUT2D eigenvalue weighted by Gasteiger charge is -2.02. The van der Waals surface area contributed by atoms with Gasteiger partial charge in [-0.3, -0.25) is 0 Å². The summed E-state index contributed by atoms with van der Waals surface area (Å²) in [5.41, 5.74) is 4.05. The van der Waals surface area contributed by atoms with Crippen LogP contribution >= 0.6 is 15.9 Å². The van der Waals surface area contributed by atoms with Crippen molar-refractivity contribution in [3.63, 3.8) is 0 Å². The number of halogens is 1. The van der Waals surface area contributed by atoms with Gasteiger partial charge in [0.2, 0.25) is 0 Å². The Hall–Kier alpha value is -2.26. The Bertz CT molecular complexity index is 971. The zero-order valence-electron chi connectivity index (χ0n) is 12.0. The number of hydrogen-bond acceptors (Lipinski definition) is 2. The van der Waals surface area contributed by atoms with Gasteiger partial charge in [-0.05, 0) is 45.3 Å². The Morgan fingerprint density at radius 1 is 0.818 bits per heavy atom. The van der Waals surface area contributed by atoms with Gasteiger partial charge in [0.05, 0.1) is 11.6 Å². The molecule has 0 N–H and O–H groups in total. The monoisotopic (exact) mass is 352 g/mol. The fourth-order valence-corrected chi connectivity index (χ4v) is 3.25. The van der Waals surface area contributed by atoms with Gasteiger partial charge in [-0.1, -0.05) is 36.4 Å². The molecule has 4 aromatic rings. The lowest BCUT2D eigenvalue weighted by molar-refractivity contribution is 0.412. The van der Waals surface area contributed by atoms with Crippen molar-refractivity contribution in [1.82, 2.24) is 0 Å². The molecular weight excluding hydrogens is 340 g/mol. The Morgan fingerprint density at radius 2 is 1.59 bits per heavy atom. The number of ether oxygens (including phenoxy) is 1. The van der Waals surface area contributed by atoms with Crippen molar-refractivity contribution >= 4 is 37.9 Å². The summed E-state index contributed by atoms with van der Waals surface area (Å²) in [5, 5.41) is 2.19. The van der Waals surface area contributed by atoms with Crippen LogP contribution in [-0.2, 0) is 0 Å². The number of rotatable bonds is 2. The fraction of sp³-hybridized carbons (Fsp3) is 0.0526. The quantitative estimate of drug-likeness (QED) is 0.439. The highest BCUT2D eigenvalue weighted by atomic mass is 79.9. The van der Waals surface area contributed by atoms with Crippen LogP contribution in [0.25, 0.3) is 33.1 Å². The van der Waals surface area contributed by atoms with E-state index in [0.717, 1.165) is 37.7 Å². The van der Waals surface area contributed by atoms with Crippen LogP contribution < -0.4 is 4.74 Å². The maximum atomic E-state index is 6.01. The first-order valence-corrected chi connectivity index (χ1v) is 7.81. The second-order valence-electron chi connectivity index (χ2n) is 5.16. The number of hydrogen-bond donors (Lipinski definition) is 0. The van der Waals surface area contributed by atoms with E-state index in [4.69, 9.17) is 9.15 Å². The van der Waals surface area contributed by atoms with Gasteiger partial charge < -0.3 is 9.15 Å². The van der Waals surface area contributed by atoms with Gasteiger partial charge in [0.1, 0.15) is 16.9 Å². The predicted molar refractivity (Wildman–Crippen MR) is 93.4 cm³/mol. The molecule has 0 aliphatic carbocycles. The van der Waals surface area contributed by atoms with Crippen LogP contribution in [0.15, 0.2) is 69.6 Å². The van der Waals surface area contributed by atoms with Crippen LogP contribution in [0.4, 0.5) is 0 Å². The van der Waals surface area contributed by atoms with Crippen LogP contribution in [0, 0.1) is 0 Å². The lowest BCUT2D eigenvalue weighted by Crippen LogP contribution is -1.83. The van der Waals surface area contributed by atoms with Crippen molar-refractivity contribution in [3.05, 3.63) is 65.1 Å². The molecule has 4 rings (SSSR count). The maximum Gasteiger partial charge on any atom is 0.139 e. The molecule has 0 atom stereocenters. The van der Waals surface area contributed by atoms with Crippen LogP contribution in [0.5, 0.6) is 5.75 Å². The van der Waals surface area contributed by atoms with Gasteiger partial charge in [0, 0.05) is 16.8 Å². The third kappa shape index (κ3) is 2.09. The zero-order chi connectivity index (χ0) is 15.1. The predicted octanol–water partition coefficient (Wildman–Crippen LogP) is 6.02. The molecule has 0 spiro atoms. The number of furan rings is 1. The summed E-state index contributed by atoms with van der Waals surface area (Å²) in [6.07, 6.45) is 0. The van der Waals surface area contributed by atoms with Crippen LogP contribution in [0.2, 0.25) is 0 Å². The fourth-order valence-electron chi connectivity index (χ4n) is 2.74. The second-order valence-corrected chi connectivity index (χ2v) is 6.02.